The first kappa shape index (κ1) is 11.8. The number of halogens is 1. The van der Waals surface area contributed by atoms with Gasteiger partial charge in [-0.15, -0.1) is 0 Å². The molecule has 19 heavy (non-hydrogen) atoms. The van der Waals surface area contributed by atoms with Gasteiger partial charge in [-0.1, -0.05) is 11.6 Å². The van der Waals surface area contributed by atoms with Crippen molar-refractivity contribution in [2.45, 2.75) is 5.62 Å². The first-order chi connectivity index (χ1) is 9.33. The van der Waals surface area contributed by atoms with Crippen LogP contribution in [0.5, 0.6) is 0 Å². The lowest BCUT2D eigenvalue weighted by molar-refractivity contribution is 0.926. The summed E-state index contributed by atoms with van der Waals surface area (Å²) in [6, 6.07) is 7.46. The standard InChI is InChI=1S/C13H10ClN5/c14-13-18-11(9-1-5-15-6-2-9)17-12(19-13)10-3-7-16-8-4-10/h1-8,13H,(H,17,18,19). The van der Waals surface area contributed by atoms with Crippen LogP contribution in [0.2, 0.25) is 0 Å². The Morgan fingerprint density at radius 1 is 0.789 bits per heavy atom. The third-order valence-electron chi connectivity index (χ3n) is 2.62. The van der Waals surface area contributed by atoms with E-state index in [0.717, 1.165) is 11.1 Å². The molecule has 0 unspecified atom stereocenters. The predicted octanol–water partition coefficient (Wildman–Crippen LogP) is 1.80. The third kappa shape index (κ3) is 2.61. The van der Waals surface area contributed by atoms with Gasteiger partial charge in [0.2, 0.25) is 5.62 Å². The molecule has 0 bridgehead atoms. The van der Waals surface area contributed by atoms with E-state index in [1.807, 2.05) is 24.3 Å². The number of hydrogen-bond acceptors (Lipinski definition) is 5. The molecule has 3 rings (SSSR count). The Kier molecular flexibility index (Phi) is 3.20. The molecule has 2 aromatic heterocycles. The lowest BCUT2D eigenvalue weighted by atomic mass is 10.2. The minimum Gasteiger partial charge on any atom is -0.324 e. The van der Waals surface area contributed by atoms with E-state index >= 15 is 0 Å². The largest absolute Gasteiger partial charge is 0.324 e. The highest BCUT2D eigenvalue weighted by atomic mass is 35.5. The zero-order chi connectivity index (χ0) is 13.1. The van der Waals surface area contributed by atoms with E-state index in [4.69, 9.17) is 11.6 Å². The molecule has 0 amide bonds. The summed E-state index contributed by atoms with van der Waals surface area (Å²) in [5, 5.41) is 3.18. The van der Waals surface area contributed by atoms with Crippen molar-refractivity contribution in [3.05, 3.63) is 60.2 Å². The maximum Gasteiger partial charge on any atom is 0.219 e. The molecule has 94 valence electrons. The summed E-state index contributed by atoms with van der Waals surface area (Å²) in [7, 11) is 0. The van der Waals surface area contributed by atoms with Crippen molar-refractivity contribution < 1.29 is 0 Å². The molecule has 0 aliphatic carbocycles. The van der Waals surface area contributed by atoms with Gasteiger partial charge >= 0.3 is 0 Å². The minimum atomic E-state index is -0.632. The van der Waals surface area contributed by atoms with E-state index in [-0.39, 0.29) is 0 Å². The molecule has 6 heteroatoms. The number of alkyl halides is 1. The average molecular weight is 272 g/mol. The Morgan fingerprint density at radius 3 is 1.63 bits per heavy atom. The van der Waals surface area contributed by atoms with E-state index < -0.39 is 5.62 Å². The monoisotopic (exact) mass is 271 g/mol. The van der Waals surface area contributed by atoms with Crippen LogP contribution in [-0.2, 0) is 0 Å². The average Bonchev–Trinajstić information content (AvgIpc) is 2.48. The second kappa shape index (κ2) is 5.16. The Balaban J connectivity index is 1.92. The van der Waals surface area contributed by atoms with E-state index in [0.29, 0.717) is 11.7 Å². The second-order valence-electron chi connectivity index (χ2n) is 3.86. The summed E-state index contributed by atoms with van der Waals surface area (Å²) < 4.78 is 0. The SMILES string of the molecule is ClC1N=C(c2ccncc2)NC(c2ccncc2)=N1. The Bertz CT molecular complexity index is 568. The maximum atomic E-state index is 6.06. The van der Waals surface area contributed by atoms with Crippen LogP contribution in [0.25, 0.3) is 0 Å². The first-order valence-electron chi connectivity index (χ1n) is 5.70. The number of pyridine rings is 2. The Labute approximate surface area is 115 Å². The molecule has 1 aliphatic rings. The van der Waals surface area contributed by atoms with Gasteiger partial charge in [0.1, 0.15) is 11.7 Å². The molecule has 0 aromatic carbocycles. The van der Waals surface area contributed by atoms with Gasteiger partial charge in [0.05, 0.1) is 0 Å². The zero-order valence-corrected chi connectivity index (χ0v) is 10.6. The lowest BCUT2D eigenvalue weighted by Gasteiger charge is -2.18. The van der Waals surface area contributed by atoms with Crippen LogP contribution < -0.4 is 5.32 Å². The molecule has 0 saturated carbocycles. The van der Waals surface area contributed by atoms with Gasteiger partial charge in [0, 0.05) is 35.9 Å². The van der Waals surface area contributed by atoms with Crippen molar-refractivity contribution in [2.24, 2.45) is 9.98 Å². The van der Waals surface area contributed by atoms with Gasteiger partial charge < -0.3 is 5.32 Å². The molecule has 1 N–H and O–H groups in total. The first-order valence-corrected chi connectivity index (χ1v) is 6.14. The molecule has 0 fully saturated rings. The molecular weight excluding hydrogens is 262 g/mol. The van der Waals surface area contributed by atoms with Gasteiger partial charge in [0.25, 0.3) is 0 Å². The highest BCUT2D eigenvalue weighted by Crippen LogP contribution is 2.12. The van der Waals surface area contributed by atoms with Crippen LogP contribution >= 0.6 is 11.6 Å². The molecule has 0 spiro atoms. The van der Waals surface area contributed by atoms with Gasteiger partial charge in [0.15, 0.2) is 0 Å². The highest BCUT2D eigenvalue weighted by Gasteiger charge is 2.16. The number of rotatable bonds is 2. The van der Waals surface area contributed by atoms with Crippen molar-refractivity contribution in [2.75, 3.05) is 0 Å². The molecule has 0 atom stereocenters. The summed E-state index contributed by atoms with van der Waals surface area (Å²) in [4.78, 5) is 16.5. The zero-order valence-electron chi connectivity index (χ0n) is 9.86. The van der Waals surface area contributed by atoms with Gasteiger partial charge in [-0.05, 0) is 24.3 Å². The minimum absolute atomic E-state index is 0.632. The van der Waals surface area contributed by atoms with E-state index in [2.05, 4.69) is 25.3 Å². The summed E-state index contributed by atoms with van der Waals surface area (Å²) >= 11 is 6.06. The third-order valence-corrected chi connectivity index (χ3v) is 2.81. The molecule has 1 aliphatic heterocycles. The number of hydrogen-bond donors (Lipinski definition) is 1. The van der Waals surface area contributed by atoms with E-state index in [1.54, 1.807) is 24.8 Å². The van der Waals surface area contributed by atoms with Crippen molar-refractivity contribution in [1.82, 2.24) is 15.3 Å². The number of nitrogens with zero attached hydrogens (tertiary/aromatic N) is 4. The second-order valence-corrected chi connectivity index (χ2v) is 4.25. The van der Waals surface area contributed by atoms with E-state index in [9.17, 15) is 0 Å². The normalized spacial score (nSPS) is 15.4. The quantitative estimate of drug-likeness (QED) is 0.669. The van der Waals surface area contributed by atoms with Crippen molar-refractivity contribution in [3.63, 3.8) is 0 Å². The Morgan fingerprint density at radius 2 is 1.21 bits per heavy atom. The molecule has 3 heterocycles. The van der Waals surface area contributed by atoms with Crippen LogP contribution in [0.4, 0.5) is 0 Å². The summed E-state index contributed by atoms with van der Waals surface area (Å²) in [5.74, 6) is 1.37. The van der Waals surface area contributed by atoms with Gasteiger partial charge in [-0.3, -0.25) is 9.97 Å². The van der Waals surface area contributed by atoms with Crippen LogP contribution in [0.1, 0.15) is 11.1 Å². The van der Waals surface area contributed by atoms with Crippen molar-refractivity contribution in [1.29, 1.82) is 0 Å². The van der Waals surface area contributed by atoms with Crippen molar-refractivity contribution >= 4 is 23.3 Å². The molecule has 0 radical (unpaired) electrons. The smallest absolute Gasteiger partial charge is 0.219 e. The van der Waals surface area contributed by atoms with Gasteiger partial charge in [-0.2, -0.15) is 0 Å². The van der Waals surface area contributed by atoms with Crippen molar-refractivity contribution in [3.8, 4) is 0 Å². The topological polar surface area (TPSA) is 62.5 Å². The molecule has 5 nitrogen and oxygen atoms in total. The van der Waals surface area contributed by atoms with Crippen LogP contribution in [0.3, 0.4) is 0 Å². The predicted molar refractivity (Wildman–Crippen MR) is 74.3 cm³/mol. The fourth-order valence-electron chi connectivity index (χ4n) is 1.73. The fraction of sp³-hybridized carbons (Fsp3) is 0.0769. The van der Waals surface area contributed by atoms with Crippen LogP contribution in [0.15, 0.2) is 59.0 Å². The number of amidine groups is 2. The number of aliphatic imine (C=N–C) groups is 2. The molecule has 0 saturated heterocycles. The molecular formula is C13H10ClN5. The van der Waals surface area contributed by atoms with Gasteiger partial charge in [-0.25, -0.2) is 9.98 Å². The molecule has 2 aromatic rings. The fourth-order valence-corrected chi connectivity index (χ4v) is 1.93. The number of nitrogens with one attached hydrogen (secondary N) is 1. The summed E-state index contributed by atoms with van der Waals surface area (Å²) in [6.07, 6.45) is 6.84. The highest BCUT2D eigenvalue weighted by molar-refractivity contribution is 6.25. The number of aromatic nitrogens is 2. The van der Waals surface area contributed by atoms with Crippen LogP contribution in [-0.4, -0.2) is 27.3 Å². The van der Waals surface area contributed by atoms with E-state index in [1.165, 1.54) is 0 Å². The van der Waals surface area contributed by atoms with Crippen LogP contribution in [0, 0.1) is 0 Å². The summed E-state index contributed by atoms with van der Waals surface area (Å²) in [6.45, 7) is 0. The summed E-state index contributed by atoms with van der Waals surface area (Å²) in [5.41, 5.74) is 1.21. The lowest BCUT2D eigenvalue weighted by Crippen LogP contribution is -2.36. The maximum absolute atomic E-state index is 6.06. The Hall–Kier alpha value is -2.27.